The first kappa shape index (κ1) is 19.2. The Morgan fingerprint density at radius 2 is 2.00 bits per heavy atom. The second-order valence-electron chi connectivity index (χ2n) is 7.48. The zero-order valence-corrected chi connectivity index (χ0v) is 16.8. The van der Waals surface area contributed by atoms with E-state index in [4.69, 9.17) is 4.74 Å². The van der Waals surface area contributed by atoms with Crippen LogP contribution in [0.4, 0.5) is 22.1 Å². The van der Waals surface area contributed by atoms with Crippen LogP contribution in [-0.4, -0.2) is 63.3 Å². The van der Waals surface area contributed by atoms with E-state index >= 15 is 0 Å². The Balaban J connectivity index is 1.60. The van der Waals surface area contributed by atoms with Gasteiger partial charge in [-0.05, 0) is 45.2 Å². The van der Waals surface area contributed by atoms with Crippen molar-refractivity contribution in [2.45, 2.75) is 39.2 Å². The minimum absolute atomic E-state index is 0.233. The summed E-state index contributed by atoms with van der Waals surface area (Å²) in [6.07, 6.45) is 3.13. The molecule has 2 aliphatic rings. The molecule has 0 saturated carbocycles. The molecule has 1 saturated heterocycles. The molecular formula is C20H26N6O3. The molecular weight excluding hydrogens is 372 g/mol. The third-order valence-corrected chi connectivity index (χ3v) is 5.50. The summed E-state index contributed by atoms with van der Waals surface area (Å²) in [7, 11) is 0. The molecule has 0 radical (unpaired) electrons. The van der Waals surface area contributed by atoms with Crippen LogP contribution in [0.15, 0.2) is 18.5 Å². The normalized spacial score (nSPS) is 17.3. The van der Waals surface area contributed by atoms with Crippen LogP contribution in [0, 0.1) is 13.8 Å². The van der Waals surface area contributed by atoms with E-state index in [1.54, 1.807) is 6.33 Å². The molecule has 2 aromatic heterocycles. The van der Waals surface area contributed by atoms with Gasteiger partial charge in [-0.25, -0.2) is 14.8 Å². The first-order valence-corrected chi connectivity index (χ1v) is 9.96. The average Bonchev–Trinajstić information content (AvgIpc) is 2.93. The van der Waals surface area contributed by atoms with Gasteiger partial charge in [-0.1, -0.05) is 0 Å². The Morgan fingerprint density at radius 3 is 2.72 bits per heavy atom. The Kier molecular flexibility index (Phi) is 5.37. The van der Waals surface area contributed by atoms with Crippen molar-refractivity contribution in [3.63, 3.8) is 0 Å². The van der Waals surface area contributed by atoms with Crippen molar-refractivity contribution in [3.05, 3.63) is 29.8 Å². The van der Waals surface area contributed by atoms with Crippen LogP contribution in [-0.2, 0) is 0 Å². The molecule has 9 heteroatoms. The highest BCUT2D eigenvalue weighted by Gasteiger charge is 2.31. The Morgan fingerprint density at radius 1 is 1.21 bits per heavy atom. The molecule has 2 aromatic rings. The number of nitrogens with one attached hydrogen (secondary N) is 1. The van der Waals surface area contributed by atoms with Gasteiger partial charge in [0, 0.05) is 31.4 Å². The minimum Gasteiger partial charge on any atom is -0.486 e. The molecule has 0 atom stereocenters. The molecule has 4 heterocycles. The average molecular weight is 398 g/mol. The molecule has 1 fully saturated rings. The Hall–Kier alpha value is -3.10. The quantitative estimate of drug-likeness (QED) is 0.813. The highest BCUT2D eigenvalue weighted by molar-refractivity contribution is 5.71. The molecule has 0 spiro atoms. The zero-order chi connectivity index (χ0) is 20.4. The second kappa shape index (κ2) is 8.10. The van der Waals surface area contributed by atoms with E-state index in [1.165, 1.54) is 4.90 Å². The third-order valence-electron chi connectivity index (χ3n) is 5.50. The molecule has 29 heavy (non-hydrogen) atoms. The lowest BCUT2D eigenvalue weighted by atomic mass is 10.0. The van der Waals surface area contributed by atoms with Gasteiger partial charge in [-0.3, -0.25) is 4.98 Å². The summed E-state index contributed by atoms with van der Waals surface area (Å²) in [6.45, 7) is 6.41. The summed E-state index contributed by atoms with van der Waals surface area (Å²) >= 11 is 0. The number of hydrogen-bond donors (Lipinski definition) is 2. The van der Waals surface area contributed by atoms with E-state index in [-0.39, 0.29) is 6.04 Å². The number of piperidine rings is 1. The van der Waals surface area contributed by atoms with Crippen molar-refractivity contribution >= 4 is 23.4 Å². The lowest BCUT2D eigenvalue weighted by Gasteiger charge is -2.37. The van der Waals surface area contributed by atoms with E-state index in [0.29, 0.717) is 31.3 Å². The fraction of sp³-hybridized carbons (Fsp3) is 0.500. The number of nitrogens with zero attached hydrogens (tertiary/aromatic N) is 5. The maximum atomic E-state index is 11.2. The van der Waals surface area contributed by atoms with Crippen LogP contribution in [0.25, 0.3) is 0 Å². The Labute approximate surface area is 169 Å². The summed E-state index contributed by atoms with van der Waals surface area (Å²) in [6, 6.07) is 4.18. The molecule has 0 aromatic carbocycles. The number of anilines is 3. The number of hydrogen-bond acceptors (Lipinski definition) is 7. The Bertz CT molecular complexity index is 898. The molecule has 2 aliphatic heterocycles. The number of likely N-dealkylation sites (tertiary alicyclic amines) is 1. The first-order chi connectivity index (χ1) is 14.0. The summed E-state index contributed by atoms with van der Waals surface area (Å²) < 4.78 is 6.04. The van der Waals surface area contributed by atoms with Gasteiger partial charge in [0.2, 0.25) is 5.75 Å². The molecule has 4 rings (SSSR count). The van der Waals surface area contributed by atoms with Gasteiger partial charge in [-0.15, -0.1) is 0 Å². The van der Waals surface area contributed by atoms with E-state index < -0.39 is 6.09 Å². The van der Waals surface area contributed by atoms with Crippen LogP contribution in [0.2, 0.25) is 0 Å². The van der Waals surface area contributed by atoms with Crippen LogP contribution in [0.5, 0.6) is 5.75 Å². The fourth-order valence-electron chi connectivity index (χ4n) is 3.98. The maximum absolute atomic E-state index is 11.2. The minimum atomic E-state index is -0.848. The van der Waals surface area contributed by atoms with Crippen LogP contribution in [0.1, 0.15) is 30.7 Å². The molecule has 0 aliphatic carbocycles. The molecule has 9 nitrogen and oxygen atoms in total. The summed E-state index contributed by atoms with van der Waals surface area (Å²) in [4.78, 5) is 28.4. The van der Waals surface area contributed by atoms with Crippen molar-refractivity contribution in [2.24, 2.45) is 0 Å². The van der Waals surface area contributed by atoms with Crippen molar-refractivity contribution in [1.29, 1.82) is 0 Å². The molecule has 0 bridgehead atoms. The van der Waals surface area contributed by atoms with E-state index in [9.17, 15) is 9.90 Å². The number of fused-ring (bicyclic) bond motifs is 1. The smallest absolute Gasteiger partial charge is 0.407 e. The molecule has 0 unspecified atom stereocenters. The maximum Gasteiger partial charge on any atom is 0.407 e. The van der Waals surface area contributed by atoms with Gasteiger partial charge in [-0.2, -0.15) is 0 Å². The third kappa shape index (κ3) is 4.03. The zero-order valence-electron chi connectivity index (χ0n) is 16.8. The summed E-state index contributed by atoms with van der Waals surface area (Å²) in [5.41, 5.74) is 2.74. The highest BCUT2D eigenvalue weighted by Crippen LogP contribution is 2.38. The SMILES string of the molecule is Cc1ccc(Nc2ncnc3c2OCCCN3C2CCN(C(=O)O)CC2)c(C)n1. The highest BCUT2D eigenvalue weighted by atomic mass is 16.5. The predicted molar refractivity (Wildman–Crippen MR) is 109 cm³/mol. The lowest BCUT2D eigenvalue weighted by molar-refractivity contribution is 0.131. The van der Waals surface area contributed by atoms with Gasteiger partial charge >= 0.3 is 6.09 Å². The van der Waals surface area contributed by atoms with Crippen LogP contribution >= 0.6 is 0 Å². The van der Waals surface area contributed by atoms with E-state index in [1.807, 2.05) is 26.0 Å². The van der Waals surface area contributed by atoms with Gasteiger partial charge < -0.3 is 25.0 Å². The summed E-state index contributed by atoms with van der Waals surface area (Å²) in [5, 5.41) is 12.6. The number of carbonyl (C=O) groups is 1. The predicted octanol–water partition coefficient (Wildman–Crippen LogP) is 2.96. The molecule has 154 valence electrons. The molecule has 2 N–H and O–H groups in total. The number of ether oxygens (including phenoxy) is 1. The first-order valence-electron chi connectivity index (χ1n) is 9.96. The number of pyridine rings is 1. The van der Waals surface area contributed by atoms with Gasteiger partial charge in [0.05, 0.1) is 18.0 Å². The van der Waals surface area contributed by atoms with Gasteiger partial charge in [0.1, 0.15) is 6.33 Å². The van der Waals surface area contributed by atoms with Crippen LogP contribution < -0.4 is 15.0 Å². The standard InChI is InChI=1S/C20H26N6O3/c1-13-4-5-16(14(2)23-13)24-18-17-19(22-12-21-18)26(8-3-11-29-17)15-6-9-25(10-7-15)20(27)28/h4-5,12,15H,3,6-11H2,1-2H3,(H,27,28)(H,21,22,24). The monoisotopic (exact) mass is 398 g/mol. The van der Waals surface area contributed by atoms with E-state index in [2.05, 4.69) is 25.2 Å². The topological polar surface area (TPSA) is 104 Å². The van der Waals surface area contributed by atoms with Crippen molar-refractivity contribution < 1.29 is 14.6 Å². The van der Waals surface area contributed by atoms with E-state index in [0.717, 1.165) is 48.7 Å². The van der Waals surface area contributed by atoms with Crippen LogP contribution in [0.3, 0.4) is 0 Å². The number of rotatable bonds is 3. The van der Waals surface area contributed by atoms with Crippen molar-refractivity contribution in [1.82, 2.24) is 19.9 Å². The number of aryl methyl sites for hydroxylation is 2. The summed E-state index contributed by atoms with van der Waals surface area (Å²) in [5.74, 6) is 2.04. The van der Waals surface area contributed by atoms with Crippen molar-refractivity contribution in [2.75, 3.05) is 36.5 Å². The van der Waals surface area contributed by atoms with Gasteiger partial charge in [0.25, 0.3) is 0 Å². The number of aromatic nitrogens is 3. The fourth-order valence-corrected chi connectivity index (χ4v) is 3.98. The number of carboxylic acid groups (broad SMARTS) is 1. The number of amides is 1. The van der Waals surface area contributed by atoms with Gasteiger partial charge in [0.15, 0.2) is 11.6 Å². The largest absolute Gasteiger partial charge is 0.486 e. The lowest BCUT2D eigenvalue weighted by Crippen LogP contribution is -2.47. The van der Waals surface area contributed by atoms with Crippen molar-refractivity contribution in [3.8, 4) is 5.75 Å². The second-order valence-corrected chi connectivity index (χ2v) is 7.48. The molecule has 1 amide bonds.